The Hall–Kier alpha value is -2.04. The van der Waals surface area contributed by atoms with Gasteiger partial charge in [0.2, 0.25) is 0 Å². The van der Waals surface area contributed by atoms with Crippen LogP contribution in [0.3, 0.4) is 0 Å². The summed E-state index contributed by atoms with van der Waals surface area (Å²) < 4.78 is 13.1. The van der Waals surface area contributed by atoms with Gasteiger partial charge >= 0.3 is 5.97 Å². The van der Waals surface area contributed by atoms with Crippen molar-refractivity contribution in [2.45, 2.75) is 19.8 Å². The molecule has 4 nitrogen and oxygen atoms in total. The number of nitrogens with zero attached hydrogens (tertiary/aromatic N) is 2. The van der Waals surface area contributed by atoms with Crippen LogP contribution in [0, 0.1) is 12.7 Å². The van der Waals surface area contributed by atoms with Gasteiger partial charge in [0.25, 0.3) is 0 Å². The lowest BCUT2D eigenvalue weighted by Crippen LogP contribution is -2.02. The SMILES string of the molecule is Cc1nc(CCC(=O)O)c2ccc(F)cc2n1. The Morgan fingerprint density at radius 2 is 2.18 bits per heavy atom. The summed E-state index contributed by atoms with van der Waals surface area (Å²) in [6.45, 7) is 1.70. The van der Waals surface area contributed by atoms with Gasteiger partial charge in [0.1, 0.15) is 11.6 Å². The van der Waals surface area contributed by atoms with Crippen LogP contribution in [-0.4, -0.2) is 21.0 Å². The van der Waals surface area contributed by atoms with Crippen LogP contribution in [-0.2, 0) is 11.2 Å². The summed E-state index contributed by atoms with van der Waals surface area (Å²) in [6, 6.07) is 4.24. The van der Waals surface area contributed by atoms with Gasteiger partial charge in [0, 0.05) is 17.9 Å². The van der Waals surface area contributed by atoms with E-state index in [1.165, 1.54) is 12.1 Å². The van der Waals surface area contributed by atoms with Crippen LogP contribution in [0.5, 0.6) is 0 Å². The molecule has 0 fully saturated rings. The minimum atomic E-state index is -0.878. The molecule has 2 rings (SSSR count). The first-order chi connectivity index (χ1) is 8.06. The van der Waals surface area contributed by atoms with E-state index in [0.29, 0.717) is 28.8 Å². The van der Waals surface area contributed by atoms with E-state index in [1.54, 1.807) is 13.0 Å². The van der Waals surface area contributed by atoms with Gasteiger partial charge in [-0.3, -0.25) is 4.79 Å². The third kappa shape index (κ3) is 2.55. The number of aliphatic carboxylic acids is 1. The Balaban J connectivity index is 2.50. The summed E-state index contributed by atoms with van der Waals surface area (Å²) in [5.74, 6) is -0.722. The van der Waals surface area contributed by atoms with Crippen molar-refractivity contribution in [1.29, 1.82) is 0 Å². The van der Waals surface area contributed by atoms with E-state index in [4.69, 9.17) is 5.11 Å². The maximum Gasteiger partial charge on any atom is 0.303 e. The summed E-state index contributed by atoms with van der Waals surface area (Å²) >= 11 is 0. The Morgan fingerprint density at radius 1 is 1.41 bits per heavy atom. The molecular weight excluding hydrogens is 223 g/mol. The van der Waals surface area contributed by atoms with Crippen molar-refractivity contribution in [3.63, 3.8) is 0 Å². The highest BCUT2D eigenvalue weighted by atomic mass is 19.1. The summed E-state index contributed by atoms with van der Waals surface area (Å²) in [5, 5.41) is 9.36. The van der Waals surface area contributed by atoms with Crippen LogP contribution in [0.25, 0.3) is 10.9 Å². The number of hydrogen-bond donors (Lipinski definition) is 1. The molecular formula is C12H11FN2O2. The second-order valence-corrected chi connectivity index (χ2v) is 3.77. The molecule has 0 unspecified atom stereocenters. The average Bonchev–Trinajstić information content (AvgIpc) is 2.24. The largest absolute Gasteiger partial charge is 0.481 e. The minimum absolute atomic E-state index is 0.00291. The first kappa shape index (κ1) is 11.4. The maximum absolute atomic E-state index is 13.1. The van der Waals surface area contributed by atoms with Gasteiger partial charge in [-0.1, -0.05) is 0 Å². The van der Waals surface area contributed by atoms with Gasteiger partial charge in [0.15, 0.2) is 0 Å². The lowest BCUT2D eigenvalue weighted by molar-refractivity contribution is -0.136. The van der Waals surface area contributed by atoms with Crippen molar-refractivity contribution >= 4 is 16.9 Å². The molecule has 0 radical (unpaired) electrons. The Labute approximate surface area is 97.1 Å². The smallest absolute Gasteiger partial charge is 0.303 e. The molecule has 88 valence electrons. The van der Waals surface area contributed by atoms with Crippen LogP contribution in [0.4, 0.5) is 4.39 Å². The fraction of sp³-hybridized carbons (Fsp3) is 0.250. The average molecular weight is 234 g/mol. The van der Waals surface area contributed by atoms with Gasteiger partial charge in [0.05, 0.1) is 17.6 Å². The van der Waals surface area contributed by atoms with Crippen molar-refractivity contribution in [1.82, 2.24) is 9.97 Å². The highest BCUT2D eigenvalue weighted by Crippen LogP contribution is 2.18. The second kappa shape index (κ2) is 4.45. The molecule has 0 bridgehead atoms. The Morgan fingerprint density at radius 3 is 2.88 bits per heavy atom. The standard InChI is InChI=1S/C12H11FN2O2/c1-7-14-10(4-5-12(16)17)9-3-2-8(13)6-11(9)15-7/h2-3,6H,4-5H2,1H3,(H,16,17). The van der Waals surface area contributed by atoms with E-state index in [0.717, 1.165) is 0 Å². The Kier molecular flexibility index (Phi) is 2.99. The molecule has 0 aliphatic heterocycles. The molecule has 5 heteroatoms. The van der Waals surface area contributed by atoms with E-state index < -0.39 is 5.97 Å². The molecule has 0 saturated carbocycles. The zero-order chi connectivity index (χ0) is 12.4. The second-order valence-electron chi connectivity index (χ2n) is 3.77. The summed E-state index contributed by atoms with van der Waals surface area (Å²) in [7, 11) is 0. The molecule has 0 spiro atoms. The summed E-state index contributed by atoms with van der Waals surface area (Å²) in [6.07, 6.45) is 0.323. The van der Waals surface area contributed by atoms with Crippen molar-refractivity contribution in [3.8, 4) is 0 Å². The zero-order valence-electron chi connectivity index (χ0n) is 9.27. The molecule has 1 aromatic carbocycles. The van der Waals surface area contributed by atoms with Crippen molar-refractivity contribution in [2.75, 3.05) is 0 Å². The van der Waals surface area contributed by atoms with Crippen LogP contribution in [0.1, 0.15) is 17.9 Å². The number of carbonyl (C=O) groups is 1. The van der Waals surface area contributed by atoms with E-state index in [1.807, 2.05) is 0 Å². The van der Waals surface area contributed by atoms with Crippen LogP contribution >= 0.6 is 0 Å². The summed E-state index contributed by atoms with van der Waals surface area (Å²) in [4.78, 5) is 18.9. The molecule has 0 atom stereocenters. The number of aryl methyl sites for hydroxylation is 2. The van der Waals surface area contributed by atoms with E-state index in [9.17, 15) is 9.18 Å². The monoisotopic (exact) mass is 234 g/mol. The normalized spacial score (nSPS) is 10.7. The fourth-order valence-corrected chi connectivity index (χ4v) is 1.71. The molecule has 1 heterocycles. The quantitative estimate of drug-likeness (QED) is 0.883. The maximum atomic E-state index is 13.1. The van der Waals surface area contributed by atoms with Gasteiger partial charge in [-0.15, -0.1) is 0 Å². The number of fused-ring (bicyclic) bond motifs is 1. The molecule has 17 heavy (non-hydrogen) atoms. The highest BCUT2D eigenvalue weighted by molar-refractivity contribution is 5.81. The number of aromatic nitrogens is 2. The molecule has 0 saturated heterocycles. The van der Waals surface area contributed by atoms with Gasteiger partial charge in [-0.2, -0.15) is 0 Å². The Bertz CT molecular complexity index is 579. The first-order valence-electron chi connectivity index (χ1n) is 5.21. The summed E-state index contributed by atoms with van der Waals surface area (Å²) in [5.41, 5.74) is 1.16. The van der Waals surface area contributed by atoms with Crippen LogP contribution in [0.2, 0.25) is 0 Å². The third-order valence-corrected chi connectivity index (χ3v) is 2.43. The molecule has 1 aromatic heterocycles. The first-order valence-corrected chi connectivity index (χ1v) is 5.21. The molecule has 0 aliphatic rings. The van der Waals surface area contributed by atoms with Crippen LogP contribution in [0.15, 0.2) is 18.2 Å². The third-order valence-electron chi connectivity index (χ3n) is 2.43. The molecule has 2 aromatic rings. The minimum Gasteiger partial charge on any atom is -0.481 e. The lowest BCUT2D eigenvalue weighted by Gasteiger charge is -2.05. The predicted octanol–water partition coefficient (Wildman–Crippen LogP) is 2.09. The topological polar surface area (TPSA) is 63.1 Å². The van der Waals surface area contributed by atoms with Gasteiger partial charge < -0.3 is 5.11 Å². The number of benzene rings is 1. The highest BCUT2D eigenvalue weighted by Gasteiger charge is 2.08. The lowest BCUT2D eigenvalue weighted by atomic mass is 10.1. The number of halogens is 1. The van der Waals surface area contributed by atoms with E-state index in [2.05, 4.69) is 9.97 Å². The van der Waals surface area contributed by atoms with Gasteiger partial charge in [-0.25, -0.2) is 14.4 Å². The molecule has 0 aliphatic carbocycles. The number of carboxylic acid groups (broad SMARTS) is 1. The fourth-order valence-electron chi connectivity index (χ4n) is 1.71. The van der Waals surface area contributed by atoms with Crippen LogP contribution < -0.4 is 0 Å². The van der Waals surface area contributed by atoms with Crippen molar-refractivity contribution < 1.29 is 14.3 Å². The number of hydrogen-bond acceptors (Lipinski definition) is 3. The molecule has 1 N–H and O–H groups in total. The molecule has 0 amide bonds. The predicted molar refractivity (Wildman–Crippen MR) is 60.2 cm³/mol. The zero-order valence-corrected chi connectivity index (χ0v) is 9.27. The van der Waals surface area contributed by atoms with E-state index >= 15 is 0 Å². The van der Waals surface area contributed by atoms with Gasteiger partial charge in [-0.05, 0) is 19.1 Å². The van der Waals surface area contributed by atoms with Crippen molar-refractivity contribution in [3.05, 3.63) is 35.5 Å². The van der Waals surface area contributed by atoms with Crippen molar-refractivity contribution in [2.24, 2.45) is 0 Å². The van der Waals surface area contributed by atoms with E-state index in [-0.39, 0.29) is 12.2 Å². The number of carboxylic acids is 1. The number of rotatable bonds is 3.